The van der Waals surface area contributed by atoms with Crippen molar-refractivity contribution in [1.29, 1.82) is 0 Å². The molecule has 0 atom stereocenters. The summed E-state index contributed by atoms with van der Waals surface area (Å²) in [5.74, 6) is 0. The average molecular weight is 165 g/mol. The van der Waals surface area contributed by atoms with Gasteiger partial charge in [0.1, 0.15) is 0 Å². The highest BCUT2D eigenvalue weighted by molar-refractivity contribution is 5.12. The van der Waals surface area contributed by atoms with Gasteiger partial charge in [0.2, 0.25) is 0 Å². The van der Waals surface area contributed by atoms with Crippen molar-refractivity contribution in [3.8, 4) is 0 Å². The van der Waals surface area contributed by atoms with Crippen molar-refractivity contribution in [2.24, 2.45) is 0 Å². The number of nitrogens with zero attached hydrogens (tertiary/aromatic N) is 2. The lowest BCUT2D eigenvalue weighted by molar-refractivity contribution is 0.563. The van der Waals surface area contributed by atoms with Crippen LogP contribution in [-0.4, -0.2) is 9.78 Å². The maximum Gasteiger partial charge on any atom is 0.0898 e. The third kappa shape index (κ3) is 2.10. The molecule has 2 heteroatoms. The molecule has 1 radical (unpaired) electrons. The smallest absolute Gasteiger partial charge is 0.0898 e. The Bertz CT molecular complexity index is 238. The first-order valence-electron chi connectivity index (χ1n) is 4.73. The van der Waals surface area contributed by atoms with Gasteiger partial charge in [0.05, 0.1) is 11.9 Å². The standard InChI is InChI=1S/C10H17N2/c1-4-6-7-12-8-9(3)10(5-2)11-12/h4-7H2,1-3H3. The molecule has 0 aliphatic heterocycles. The van der Waals surface area contributed by atoms with E-state index in [0.29, 0.717) is 0 Å². The second-order valence-corrected chi connectivity index (χ2v) is 3.11. The van der Waals surface area contributed by atoms with E-state index in [4.69, 9.17) is 0 Å². The van der Waals surface area contributed by atoms with Crippen molar-refractivity contribution in [1.82, 2.24) is 9.78 Å². The molecule has 67 valence electrons. The largest absolute Gasteiger partial charge is 0.263 e. The van der Waals surface area contributed by atoms with E-state index in [1.54, 1.807) is 0 Å². The third-order valence-electron chi connectivity index (χ3n) is 2.03. The zero-order valence-electron chi connectivity index (χ0n) is 8.22. The molecule has 0 saturated heterocycles. The number of hydrogen-bond acceptors (Lipinski definition) is 1. The fraction of sp³-hybridized carbons (Fsp3) is 0.700. The Kier molecular flexibility index (Phi) is 3.32. The molecule has 1 aromatic heterocycles. The number of hydrogen-bond donors (Lipinski definition) is 0. The van der Waals surface area contributed by atoms with E-state index in [0.717, 1.165) is 13.0 Å². The first-order valence-corrected chi connectivity index (χ1v) is 4.73. The quantitative estimate of drug-likeness (QED) is 0.669. The molecule has 0 aromatic carbocycles. The van der Waals surface area contributed by atoms with Crippen LogP contribution in [0.5, 0.6) is 0 Å². The fourth-order valence-corrected chi connectivity index (χ4v) is 1.25. The van der Waals surface area contributed by atoms with Crippen LogP contribution < -0.4 is 0 Å². The van der Waals surface area contributed by atoms with Gasteiger partial charge >= 0.3 is 0 Å². The van der Waals surface area contributed by atoms with Crippen LogP contribution in [0.25, 0.3) is 0 Å². The highest BCUT2D eigenvalue weighted by Gasteiger charge is 2.01. The summed E-state index contributed by atoms with van der Waals surface area (Å²) in [5, 5.41) is 4.43. The lowest BCUT2D eigenvalue weighted by Crippen LogP contribution is -1.98. The summed E-state index contributed by atoms with van der Waals surface area (Å²) in [4.78, 5) is 0. The van der Waals surface area contributed by atoms with Gasteiger partial charge in [0, 0.05) is 6.54 Å². The van der Waals surface area contributed by atoms with Crippen molar-refractivity contribution >= 4 is 0 Å². The summed E-state index contributed by atoms with van der Waals surface area (Å²) < 4.78 is 1.94. The van der Waals surface area contributed by atoms with Gasteiger partial charge in [-0.05, 0) is 25.3 Å². The lowest BCUT2D eigenvalue weighted by atomic mass is 10.2. The van der Waals surface area contributed by atoms with E-state index in [1.165, 1.54) is 24.1 Å². The predicted molar refractivity (Wildman–Crippen MR) is 50.1 cm³/mol. The van der Waals surface area contributed by atoms with E-state index in [9.17, 15) is 0 Å². The summed E-state index contributed by atoms with van der Waals surface area (Å²) in [5.41, 5.74) is 2.39. The van der Waals surface area contributed by atoms with Crippen LogP contribution in [-0.2, 0) is 13.0 Å². The van der Waals surface area contributed by atoms with Crippen LogP contribution in [0.2, 0.25) is 0 Å². The van der Waals surface area contributed by atoms with E-state index >= 15 is 0 Å². The Labute approximate surface area is 74.6 Å². The van der Waals surface area contributed by atoms with Crippen LogP contribution in [0.15, 0.2) is 0 Å². The second-order valence-electron chi connectivity index (χ2n) is 3.11. The molecule has 12 heavy (non-hydrogen) atoms. The minimum absolute atomic E-state index is 1.01. The monoisotopic (exact) mass is 165 g/mol. The Morgan fingerprint density at radius 3 is 2.67 bits per heavy atom. The van der Waals surface area contributed by atoms with Gasteiger partial charge in [0.15, 0.2) is 0 Å². The Morgan fingerprint density at radius 1 is 1.42 bits per heavy atom. The van der Waals surface area contributed by atoms with E-state index in [1.807, 2.05) is 4.68 Å². The highest BCUT2D eigenvalue weighted by Crippen LogP contribution is 2.05. The molecule has 1 rings (SSSR count). The normalized spacial score (nSPS) is 10.6. The molecule has 1 aromatic rings. The minimum Gasteiger partial charge on any atom is -0.263 e. The van der Waals surface area contributed by atoms with Gasteiger partial charge in [0.25, 0.3) is 0 Å². The fourth-order valence-electron chi connectivity index (χ4n) is 1.25. The molecule has 0 aliphatic carbocycles. The Morgan fingerprint density at radius 2 is 2.17 bits per heavy atom. The number of rotatable bonds is 4. The second kappa shape index (κ2) is 4.29. The van der Waals surface area contributed by atoms with Crippen molar-refractivity contribution in [3.63, 3.8) is 0 Å². The topological polar surface area (TPSA) is 17.8 Å². The van der Waals surface area contributed by atoms with Crippen LogP contribution in [0.4, 0.5) is 0 Å². The molecular formula is C10H17N2. The maximum atomic E-state index is 4.43. The Hall–Kier alpha value is -0.790. The summed E-state index contributed by atoms with van der Waals surface area (Å²) in [6.45, 7) is 7.41. The van der Waals surface area contributed by atoms with Crippen molar-refractivity contribution in [3.05, 3.63) is 17.5 Å². The zero-order chi connectivity index (χ0) is 8.97. The third-order valence-corrected chi connectivity index (χ3v) is 2.03. The van der Waals surface area contributed by atoms with E-state index < -0.39 is 0 Å². The van der Waals surface area contributed by atoms with Gasteiger partial charge in [-0.2, -0.15) is 5.10 Å². The van der Waals surface area contributed by atoms with Crippen molar-refractivity contribution < 1.29 is 0 Å². The minimum atomic E-state index is 1.01. The summed E-state index contributed by atoms with van der Waals surface area (Å²) >= 11 is 0. The Balaban J connectivity index is 2.62. The molecule has 0 N–H and O–H groups in total. The van der Waals surface area contributed by atoms with Gasteiger partial charge < -0.3 is 0 Å². The van der Waals surface area contributed by atoms with Gasteiger partial charge in [-0.1, -0.05) is 20.3 Å². The molecule has 0 amide bonds. The first-order chi connectivity index (χ1) is 5.77. The number of aromatic nitrogens is 2. The van der Waals surface area contributed by atoms with Gasteiger partial charge in [-0.15, -0.1) is 0 Å². The molecule has 0 bridgehead atoms. The first kappa shape index (κ1) is 9.30. The molecule has 2 nitrogen and oxygen atoms in total. The summed E-state index contributed by atoms with van der Waals surface area (Å²) in [6, 6.07) is 0. The van der Waals surface area contributed by atoms with Gasteiger partial charge in [-0.25, -0.2) is 0 Å². The van der Waals surface area contributed by atoms with Crippen LogP contribution in [0, 0.1) is 13.1 Å². The van der Waals surface area contributed by atoms with Crippen molar-refractivity contribution in [2.75, 3.05) is 0 Å². The predicted octanol–water partition coefficient (Wildman–Crippen LogP) is 2.35. The SMILES string of the molecule is CCCCn1[c]c(C)c(CC)n1. The van der Waals surface area contributed by atoms with Gasteiger partial charge in [-0.3, -0.25) is 4.68 Å². The molecule has 0 fully saturated rings. The van der Waals surface area contributed by atoms with Crippen LogP contribution >= 0.6 is 0 Å². The molecule has 0 saturated carbocycles. The summed E-state index contributed by atoms with van der Waals surface area (Å²) in [6.07, 6.45) is 6.66. The summed E-state index contributed by atoms with van der Waals surface area (Å²) in [7, 11) is 0. The number of unbranched alkanes of at least 4 members (excludes halogenated alkanes) is 1. The highest BCUT2D eigenvalue weighted by atomic mass is 15.3. The molecule has 0 aliphatic rings. The average Bonchev–Trinajstić information content (AvgIpc) is 2.43. The zero-order valence-corrected chi connectivity index (χ0v) is 8.22. The van der Waals surface area contributed by atoms with Crippen molar-refractivity contribution in [2.45, 2.75) is 46.6 Å². The molecule has 1 heterocycles. The number of aryl methyl sites for hydroxylation is 3. The molecule has 0 spiro atoms. The van der Waals surface area contributed by atoms with E-state index in [2.05, 4.69) is 32.1 Å². The lowest BCUT2D eigenvalue weighted by Gasteiger charge is -1.96. The van der Waals surface area contributed by atoms with E-state index in [-0.39, 0.29) is 0 Å². The molecular weight excluding hydrogens is 148 g/mol. The van der Waals surface area contributed by atoms with Crippen LogP contribution in [0.1, 0.15) is 37.9 Å². The molecule has 0 unspecified atom stereocenters. The maximum absolute atomic E-state index is 4.43. The van der Waals surface area contributed by atoms with Crippen LogP contribution in [0.3, 0.4) is 0 Å².